The Morgan fingerprint density at radius 2 is 2.19 bits per heavy atom. The number of nitrogens with two attached hydrogens (primary N) is 2. The van der Waals surface area contributed by atoms with Gasteiger partial charge in [-0.2, -0.15) is 0 Å². The molecule has 0 bridgehead atoms. The second-order valence-electron chi connectivity index (χ2n) is 3.21. The number of rotatable bonds is 5. The average Bonchev–Trinajstić information content (AvgIpc) is 2.28. The molecule has 0 fully saturated rings. The van der Waals surface area contributed by atoms with Crippen LogP contribution in [0.2, 0.25) is 0 Å². The maximum atomic E-state index is 10.9. The van der Waals surface area contributed by atoms with Crippen molar-refractivity contribution >= 4 is 5.91 Å². The van der Waals surface area contributed by atoms with E-state index in [1.807, 2.05) is 0 Å². The maximum Gasteiger partial charge on any atom is 0.234 e. The zero-order valence-corrected chi connectivity index (χ0v) is 9.27. The fourth-order valence-electron chi connectivity index (χ4n) is 1.30. The van der Waals surface area contributed by atoms with Crippen molar-refractivity contribution in [3.63, 3.8) is 0 Å². The summed E-state index contributed by atoms with van der Waals surface area (Å²) < 4.78 is 10.2. The molecule has 0 aliphatic rings. The van der Waals surface area contributed by atoms with Crippen LogP contribution >= 0.6 is 0 Å². The molecular formula is C10H15N3O3. The van der Waals surface area contributed by atoms with Gasteiger partial charge in [-0.05, 0) is 0 Å². The second kappa shape index (κ2) is 5.32. The molecule has 0 spiro atoms. The Labute approximate surface area is 93.5 Å². The van der Waals surface area contributed by atoms with Crippen LogP contribution < -0.4 is 20.9 Å². The van der Waals surface area contributed by atoms with Crippen molar-refractivity contribution < 1.29 is 14.3 Å². The molecule has 1 unspecified atom stereocenters. The Bertz CT molecular complexity index is 382. The summed E-state index contributed by atoms with van der Waals surface area (Å²) in [6.45, 7) is 0. The van der Waals surface area contributed by atoms with E-state index in [2.05, 4.69) is 4.98 Å². The van der Waals surface area contributed by atoms with Crippen molar-refractivity contribution in [3.8, 4) is 11.5 Å². The largest absolute Gasteiger partial charge is 0.493 e. The number of ether oxygens (including phenoxy) is 2. The van der Waals surface area contributed by atoms with Crippen LogP contribution in [-0.4, -0.2) is 31.2 Å². The van der Waals surface area contributed by atoms with E-state index < -0.39 is 11.9 Å². The predicted molar refractivity (Wildman–Crippen MR) is 58.2 cm³/mol. The number of aromatic nitrogens is 1. The molecule has 1 aromatic heterocycles. The molecule has 1 atom stereocenters. The molecule has 0 aliphatic heterocycles. The first-order chi connectivity index (χ1) is 7.60. The molecule has 88 valence electrons. The van der Waals surface area contributed by atoms with Gasteiger partial charge in [0.15, 0.2) is 11.5 Å². The van der Waals surface area contributed by atoms with Gasteiger partial charge in [-0.3, -0.25) is 9.78 Å². The Morgan fingerprint density at radius 3 is 2.69 bits per heavy atom. The molecular weight excluding hydrogens is 210 g/mol. The Kier molecular flexibility index (Phi) is 4.07. The summed E-state index contributed by atoms with van der Waals surface area (Å²) in [5.74, 6) is 0.442. The number of amides is 1. The Hall–Kier alpha value is -1.82. The van der Waals surface area contributed by atoms with Gasteiger partial charge in [0.25, 0.3) is 0 Å². The van der Waals surface area contributed by atoms with E-state index in [0.717, 1.165) is 0 Å². The first kappa shape index (κ1) is 12.3. The third-order valence-electron chi connectivity index (χ3n) is 2.14. The van der Waals surface area contributed by atoms with Crippen LogP contribution in [0.25, 0.3) is 0 Å². The molecule has 1 heterocycles. The minimum absolute atomic E-state index is 0.218. The van der Waals surface area contributed by atoms with Gasteiger partial charge in [0, 0.05) is 18.7 Å². The number of methoxy groups -OCH3 is 2. The second-order valence-corrected chi connectivity index (χ2v) is 3.21. The summed E-state index contributed by atoms with van der Waals surface area (Å²) in [5, 5.41) is 0. The monoisotopic (exact) mass is 225 g/mol. The molecule has 6 nitrogen and oxygen atoms in total. The van der Waals surface area contributed by atoms with E-state index in [-0.39, 0.29) is 6.42 Å². The van der Waals surface area contributed by atoms with E-state index in [0.29, 0.717) is 17.2 Å². The normalized spacial score (nSPS) is 11.9. The lowest BCUT2D eigenvalue weighted by atomic mass is 10.1. The van der Waals surface area contributed by atoms with Crippen LogP contribution in [-0.2, 0) is 11.2 Å². The van der Waals surface area contributed by atoms with E-state index >= 15 is 0 Å². The standard InChI is InChI=1S/C10H15N3O3/c1-15-8-3-4-13-7(9(8)16-2)5-6(11)10(12)14/h3-4,6H,5,11H2,1-2H3,(H2,12,14). The lowest BCUT2D eigenvalue weighted by Gasteiger charge is -2.13. The van der Waals surface area contributed by atoms with Crippen molar-refractivity contribution in [2.45, 2.75) is 12.5 Å². The molecule has 0 radical (unpaired) electrons. The van der Waals surface area contributed by atoms with Crippen LogP contribution in [0.4, 0.5) is 0 Å². The number of nitrogens with zero attached hydrogens (tertiary/aromatic N) is 1. The van der Waals surface area contributed by atoms with Crippen molar-refractivity contribution in [3.05, 3.63) is 18.0 Å². The van der Waals surface area contributed by atoms with Crippen molar-refractivity contribution in [2.24, 2.45) is 11.5 Å². The van der Waals surface area contributed by atoms with Gasteiger partial charge in [0.1, 0.15) is 0 Å². The molecule has 6 heteroatoms. The summed E-state index contributed by atoms with van der Waals surface area (Å²) in [4.78, 5) is 14.9. The van der Waals surface area contributed by atoms with Crippen LogP contribution in [0.3, 0.4) is 0 Å². The van der Waals surface area contributed by atoms with E-state index in [1.54, 1.807) is 12.3 Å². The summed E-state index contributed by atoms with van der Waals surface area (Å²) in [5.41, 5.74) is 11.2. The Balaban J connectivity index is 2.99. The first-order valence-corrected chi connectivity index (χ1v) is 4.71. The van der Waals surface area contributed by atoms with Crippen LogP contribution in [0.1, 0.15) is 5.69 Å². The molecule has 1 amide bonds. The predicted octanol–water partition coefficient (Wildman–Crippen LogP) is -0.546. The quantitative estimate of drug-likeness (QED) is 0.700. The lowest BCUT2D eigenvalue weighted by Crippen LogP contribution is -2.38. The van der Waals surface area contributed by atoms with Gasteiger partial charge in [-0.25, -0.2) is 0 Å². The number of hydrogen-bond donors (Lipinski definition) is 2. The van der Waals surface area contributed by atoms with E-state index in [1.165, 1.54) is 14.2 Å². The SMILES string of the molecule is COc1ccnc(CC(N)C(N)=O)c1OC. The highest BCUT2D eigenvalue weighted by Crippen LogP contribution is 2.29. The Morgan fingerprint density at radius 1 is 1.50 bits per heavy atom. The molecule has 1 rings (SSSR count). The van der Waals surface area contributed by atoms with Gasteiger partial charge in [-0.1, -0.05) is 0 Å². The van der Waals surface area contributed by atoms with Crippen LogP contribution in [0.15, 0.2) is 12.3 Å². The van der Waals surface area contributed by atoms with Crippen molar-refractivity contribution in [2.75, 3.05) is 14.2 Å². The lowest BCUT2D eigenvalue weighted by molar-refractivity contribution is -0.119. The average molecular weight is 225 g/mol. The topological polar surface area (TPSA) is 100 Å². The first-order valence-electron chi connectivity index (χ1n) is 4.71. The minimum Gasteiger partial charge on any atom is -0.493 e. The molecule has 16 heavy (non-hydrogen) atoms. The summed E-state index contributed by atoms with van der Waals surface area (Å²) in [7, 11) is 3.02. The third-order valence-corrected chi connectivity index (χ3v) is 2.14. The molecule has 0 aliphatic carbocycles. The van der Waals surface area contributed by atoms with Crippen molar-refractivity contribution in [1.29, 1.82) is 0 Å². The minimum atomic E-state index is -0.784. The smallest absolute Gasteiger partial charge is 0.234 e. The van der Waals surface area contributed by atoms with Gasteiger partial charge >= 0.3 is 0 Å². The fourth-order valence-corrected chi connectivity index (χ4v) is 1.30. The third kappa shape index (κ3) is 2.60. The number of hydrogen-bond acceptors (Lipinski definition) is 5. The molecule has 1 aromatic rings. The zero-order chi connectivity index (χ0) is 12.1. The van der Waals surface area contributed by atoms with Crippen LogP contribution in [0.5, 0.6) is 11.5 Å². The van der Waals surface area contributed by atoms with Crippen LogP contribution in [0, 0.1) is 0 Å². The number of primary amides is 1. The molecule has 0 saturated heterocycles. The fraction of sp³-hybridized carbons (Fsp3) is 0.400. The molecule has 0 aromatic carbocycles. The highest BCUT2D eigenvalue weighted by atomic mass is 16.5. The van der Waals surface area contributed by atoms with Crippen molar-refractivity contribution in [1.82, 2.24) is 4.98 Å². The zero-order valence-electron chi connectivity index (χ0n) is 9.27. The van der Waals surface area contributed by atoms with Gasteiger partial charge in [0.2, 0.25) is 5.91 Å². The number of pyridine rings is 1. The highest BCUT2D eigenvalue weighted by molar-refractivity contribution is 5.80. The molecule has 0 saturated carbocycles. The summed E-state index contributed by atoms with van der Waals surface area (Å²) in [6.07, 6.45) is 1.78. The summed E-state index contributed by atoms with van der Waals surface area (Å²) >= 11 is 0. The van der Waals surface area contributed by atoms with E-state index in [9.17, 15) is 4.79 Å². The van der Waals surface area contributed by atoms with Gasteiger partial charge in [0.05, 0.1) is 26.0 Å². The summed E-state index contributed by atoms with van der Waals surface area (Å²) in [6, 6.07) is 0.881. The van der Waals surface area contributed by atoms with Gasteiger partial charge < -0.3 is 20.9 Å². The van der Waals surface area contributed by atoms with Gasteiger partial charge in [-0.15, -0.1) is 0 Å². The number of carbonyl (C=O) groups excluding carboxylic acids is 1. The maximum absolute atomic E-state index is 10.9. The number of carbonyl (C=O) groups is 1. The highest BCUT2D eigenvalue weighted by Gasteiger charge is 2.17. The van der Waals surface area contributed by atoms with E-state index in [4.69, 9.17) is 20.9 Å². The molecule has 4 N–H and O–H groups in total.